The van der Waals surface area contributed by atoms with Gasteiger partial charge in [0.05, 0.1) is 24.4 Å². The standard InChI is InChI=1S/C9H7N3O5/c13-9(14)6-3-10-11(4-6)5-7-1-2-8(17-7)12(15)16/h1-4H,5H2,(H,13,14). The number of aromatic carboxylic acids is 1. The molecule has 0 spiro atoms. The summed E-state index contributed by atoms with van der Waals surface area (Å²) in [5.74, 6) is -1.11. The molecule has 0 amide bonds. The maximum atomic E-state index is 10.6. The number of aromatic nitrogens is 2. The maximum Gasteiger partial charge on any atom is 0.433 e. The van der Waals surface area contributed by atoms with Crippen LogP contribution in [0.15, 0.2) is 28.9 Å². The highest BCUT2D eigenvalue weighted by Gasteiger charge is 2.13. The highest BCUT2D eigenvalue weighted by atomic mass is 16.6. The first-order valence-electron chi connectivity index (χ1n) is 4.55. The van der Waals surface area contributed by atoms with Gasteiger partial charge in [0.15, 0.2) is 0 Å². The molecular formula is C9H7N3O5. The van der Waals surface area contributed by atoms with Crippen LogP contribution >= 0.6 is 0 Å². The van der Waals surface area contributed by atoms with Crippen LogP contribution in [0.5, 0.6) is 0 Å². The zero-order chi connectivity index (χ0) is 12.4. The molecular weight excluding hydrogens is 230 g/mol. The molecule has 0 aliphatic rings. The summed E-state index contributed by atoms with van der Waals surface area (Å²) in [6.45, 7) is 0.140. The van der Waals surface area contributed by atoms with E-state index in [1.165, 1.54) is 29.2 Å². The van der Waals surface area contributed by atoms with E-state index in [9.17, 15) is 14.9 Å². The van der Waals surface area contributed by atoms with Gasteiger partial charge >= 0.3 is 11.9 Å². The molecule has 0 saturated carbocycles. The number of carbonyl (C=O) groups is 1. The summed E-state index contributed by atoms with van der Waals surface area (Å²) in [6.07, 6.45) is 2.51. The summed E-state index contributed by atoms with van der Waals surface area (Å²) < 4.78 is 6.24. The normalized spacial score (nSPS) is 10.4. The molecule has 0 fully saturated rings. The van der Waals surface area contributed by atoms with Crippen molar-refractivity contribution in [2.75, 3.05) is 0 Å². The highest BCUT2D eigenvalue weighted by Crippen LogP contribution is 2.16. The van der Waals surface area contributed by atoms with Crippen LogP contribution < -0.4 is 0 Å². The quantitative estimate of drug-likeness (QED) is 0.630. The van der Waals surface area contributed by atoms with Crippen molar-refractivity contribution in [3.05, 3.63) is 46.0 Å². The third-order valence-electron chi connectivity index (χ3n) is 2.03. The largest absolute Gasteiger partial charge is 0.478 e. The lowest BCUT2D eigenvalue weighted by molar-refractivity contribution is -0.402. The molecule has 17 heavy (non-hydrogen) atoms. The number of carboxylic acid groups (broad SMARTS) is 1. The minimum absolute atomic E-state index is 0.0473. The van der Waals surface area contributed by atoms with Crippen LogP contribution in [0.4, 0.5) is 5.88 Å². The zero-order valence-corrected chi connectivity index (χ0v) is 8.44. The van der Waals surface area contributed by atoms with Gasteiger partial charge in [0.25, 0.3) is 0 Å². The molecule has 2 rings (SSSR count). The van der Waals surface area contributed by atoms with Crippen LogP contribution in [0.3, 0.4) is 0 Å². The second kappa shape index (κ2) is 4.08. The van der Waals surface area contributed by atoms with Crippen molar-refractivity contribution < 1.29 is 19.2 Å². The van der Waals surface area contributed by atoms with Gasteiger partial charge < -0.3 is 9.52 Å². The molecule has 0 unspecified atom stereocenters. The van der Waals surface area contributed by atoms with Crippen molar-refractivity contribution in [2.24, 2.45) is 0 Å². The molecule has 0 aromatic carbocycles. The van der Waals surface area contributed by atoms with Gasteiger partial charge in [-0.15, -0.1) is 0 Å². The van der Waals surface area contributed by atoms with Crippen LogP contribution in [0.1, 0.15) is 16.1 Å². The fraction of sp³-hybridized carbons (Fsp3) is 0.111. The van der Waals surface area contributed by atoms with Gasteiger partial charge in [0.1, 0.15) is 10.7 Å². The van der Waals surface area contributed by atoms with Crippen molar-refractivity contribution in [2.45, 2.75) is 6.54 Å². The minimum atomic E-state index is -1.08. The van der Waals surface area contributed by atoms with Gasteiger partial charge in [-0.3, -0.25) is 14.8 Å². The molecule has 0 saturated heterocycles. The molecule has 0 atom stereocenters. The number of hydrogen-bond acceptors (Lipinski definition) is 5. The lowest BCUT2D eigenvalue weighted by atomic mass is 10.4. The number of rotatable bonds is 4. The molecule has 2 aromatic heterocycles. The lowest BCUT2D eigenvalue weighted by Gasteiger charge is -1.95. The summed E-state index contributed by atoms with van der Waals surface area (Å²) in [4.78, 5) is 20.3. The van der Waals surface area contributed by atoms with Crippen molar-refractivity contribution in [3.63, 3.8) is 0 Å². The van der Waals surface area contributed by atoms with Gasteiger partial charge in [0, 0.05) is 6.20 Å². The Morgan fingerprint density at radius 3 is 2.88 bits per heavy atom. The number of carboxylic acids is 1. The Hall–Kier alpha value is -2.64. The summed E-state index contributed by atoms with van der Waals surface area (Å²) in [5, 5.41) is 22.8. The fourth-order valence-electron chi connectivity index (χ4n) is 1.27. The number of nitrogens with zero attached hydrogens (tertiary/aromatic N) is 3. The van der Waals surface area contributed by atoms with E-state index in [-0.39, 0.29) is 18.0 Å². The molecule has 2 aromatic rings. The first-order chi connectivity index (χ1) is 8.06. The molecule has 2 heterocycles. The Morgan fingerprint density at radius 2 is 2.35 bits per heavy atom. The summed E-state index contributed by atoms with van der Waals surface area (Å²) >= 11 is 0. The molecule has 8 heteroatoms. The fourth-order valence-corrected chi connectivity index (χ4v) is 1.27. The van der Waals surface area contributed by atoms with E-state index in [2.05, 4.69) is 5.10 Å². The van der Waals surface area contributed by atoms with Crippen LogP contribution in [-0.4, -0.2) is 25.8 Å². The van der Waals surface area contributed by atoms with E-state index >= 15 is 0 Å². The Bertz CT molecular complexity index is 520. The van der Waals surface area contributed by atoms with E-state index < -0.39 is 10.9 Å². The first-order valence-corrected chi connectivity index (χ1v) is 4.55. The Morgan fingerprint density at radius 1 is 1.59 bits per heavy atom. The Kier molecular flexibility index (Phi) is 2.61. The van der Waals surface area contributed by atoms with E-state index in [1.54, 1.807) is 0 Å². The Balaban J connectivity index is 2.13. The number of nitro groups is 1. The van der Waals surface area contributed by atoms with Crippen molar-refractivity contribution >= 4 is 11.9 Å². The van der Waals surface area contributed by atoms with Crippen molar-refractivity contribution in [1.82, 2.24) is 9.78 Å². The monoisotopic (exact) mass is 237 g/mol. The van der Waals surface area contributed by atoms with E-state index in [4.69, 9.17) is 9.52 Å². The smallest absolute Gasteiger partial charge is 0.433 e. The zero-order valence-electron chi connectivity index (χ0n) is 8.44. The summed E-state index contributed by atoms with van der Waals surface area (Å²) in [7, 11) is 0. The Labute approximate surface area is 94.2 Å². The molecule has 88 valence electrons. The van der Waals surface area contributed by atoms with Crippen LogP contribution in [-0.2, 0) is 6.54 Å². The lowest BCUT2D eigenvalue weighted by Crippen LogP contribution is -1.99. The van der Waals surface area contributed by atoms with Gasteiger partial charge in [-0.05, 0) is 6.07 Å². The minimum Gasteiger partial charge on any atom is -0.478 e. The average molecular weight is 237 g/mol. The molecule has 1 N–H and O–H groups in total. The molecule has 8 nitrogen and oxygen atoms in total. The van der Waals surface area contributed by atoms with Gasteiger partial charge in [0.2, 0.25) is 0 Å². The predicted molar refractivity (Wildman–Crippen MR) is 53.7 cm³/mol. The van der Waals surface area contributed by atoms with Crippen LogP contribution in [0.2, 0.25) is 0 Å². The van der Waals surface area contributed by atoms with E-state index in [1.807, 2.05) is 0 Å². The van der Waals surface area contributed by atoms with Crippen molar-refractivity contribution in [1.29, 1.82) is 0 Å². The van der Waals surface area contributed by atoms with Crippen LogP contribution in [0.25, 0.3) is 0 Å². The average Bonchev–Trinajstić information content (AvgIpc) is 2.87. The third kappa shape index (κ3) is 2.30. The topological polar surface area (TPSA) is 111 Å². The molecule has 0 aliphatic heterocycles. The highest BCUT2D eigenvalue weighted by molar-refractivity contribution is 5.86. The summed E-state index contributed by atoms with van der Waals surface area (Å²) in [6, 6.07) is 2.68. The second-order valence-electron chi connectivity index (χ2n) is 3.23. The number of hydrogen-bond donors (Lipinski definition) is 1. The first kappa shape index (κ1) is 10.9. The predicted octanol–water partition coefficient (Wildman–Crippen LogP) is 1.13. The van der Waals surface area contributed by atoms with Crippen LogP contribution in [0, 0.1) is 10.1 Å². The van der Waals surface area contributed by atoms with E-state index in [0.29, 0.717) is 5.76 Å². The van der Waals surface area contributed by atoms with Gasteiger partial charge in [-0.1, -0.05) is 0 Å². The van der Waals surface area contributed by atoms with E-state index in [0.717, 1.165) is 0 Å². The summed E-state index contributed by atoms with van der Waals surface area (Å²) in [5.41, 5.74) is 0.0473. The SMILES string of the molecule is O=C(O)c1cnn(Cc2ccc([N+](=O)[O-])o2)c1. The van der Waals surface area contributed by atoms with Gasteiger partial charge in [-0.2, -0.15) is 5.10 Å². The second-order valence-corrected chi connectivity index (χ2v) is 3.23. The van der Waals surface area contributed by atoms with Gasteiger partial charge in [-0.25, -0.2) is 4.79 Å². The van der Waals surface area contributed by atoms with Crippen molar-refractivity contribution in [3.8, 4) is 0 Å². The maximum absolute atomic E-state index is 10.6. The molecule has 0 radical (unpaired) electrons. The molecule has 0 aliphatic carbocycles. The third-order valence-corrected chi connectivity index (χ3v) is 2.03. The number of furan rings is 1. The molecule has 0 bridgehead atoms.